The fourth-order valence-corrected chi connectivity index (χ4v) is 13.2. The standard InChI is InChI=1S/C64H96O16/c1-39-31-33-47-23-11-21-45(75-47)19-8-16-42-18-10-28-52(68)58(42)60(70)80-54(38-44(66)36-50-26-14-30-56(78-50)64(5,6)62(73)74)40(2)32-34-48-24-12-22-46(76-48)20-7-15-41-17-9-27-51(67)57(41)59(69)79-53(39)37-43(65)35-49-25-13-29-55(77-49)63(3,4)61(71)72/h9-10,17-18,27-28,39-40,43-50,53-56,65-68H,7-8,11-16,19-26,29-38H2,1-6H3,(H,71,72)(H,73,74)/t39-,40-,43-,44-,45-,46-,47-,48-,49-,50-,53+,54+,55+,56+/m0/s1. The number of phenolic OH excluding ortho intramolecular Hbond substituents is 2. The third-order valence-corrected chi connectivity index (χ3v) is 18.6. The lowest BCUT2D eigenvalue weighted by Crippen LogP contribution is -2.44. The summed E-state index contributed by atoms with van der Waals surface area (Å²) in [7, 11) is 0. The highest BCUT2D eigenvalue weighted by molar-refractivity contribution is 5.95. The predicted octanol–water partition coefficient (Wildman–Crippen LogP) is 11.6. The van der Waals surface area contributed by atoms with Gasteiger partial charge in [0.15, 0.2) is 0 Å². The van der Waals surface area contributed by atoms with E-state index in [2.05, 4.69) is 0 Å². The number of cyclic esters (lactones) is 2. The minimum Gasteiger partial charge on any atom is -0.507 e. The van der Waals surface area contributed by atoms with Crippen molar-refractivity contribution in [3.05, 3.63) is 58.7 Å². The van der Waals surface area contributed by atoms with Crippen LogP contribution in [-0.2, 0) is 50.9 Å². The molecule has 4 bridgehead atoms. The zero-order chi connectivity index (χ0) is 57.7. The quantitative estimate of drug-likeness (QED) is 0.108. The highest BCUT2D eigenvalue weighted by atomic mass is 16.6. The van der Waals surface area contributed by atoms with E-state index < -0.39 is 71.3 Å². The summed E-state index contributed by atoms with van der Waals surface area (Å²) in [5.74, 6) is -3.90. The molecule has 14 atom stereocenters. The number of hydrogen-bond donors (Lipinski definition) is 6. The number of rotatable bonds is 12. The molecule has 16 nitrogen and oxygen atoms in total. The van der Waals surface area contributed by atoms with Crippen molar-refractivity contribution in [1.82, 2.24) is 0 Å². The molecule has 6 N–H and O–H groups in total. The van der Waals surface area contributed by atoms with Crippen LogP contribution < -0.4 is 0 Å². The zero-order valence-corrected chi connectivity index (χ0v) is 48.7. The van der Waals surface area contributed by atoms with E-state index in [4.69, 9.17) is 28.4 Å². The number of carboxylic acids is 2. The minimum absolute atomic E-state index is 0.0299. The Morgan fingerprint density at radius 1 is 0.487 bits per heavy atom. The Kier molecular flexibility index (Phi) is 23.2. The minimum atomic E-state index is -1.09. The number of aromatic hydroxyl groups is 2. The molecule has 0 spiro atoms. The summed E-state index contributed by atoms with van der Waals surface area (Å²) in [6.07, 6.45) is 11.7. The largest absolute Gasteiger partial charge is 0.507 e. The molecule has 5 aliphatic rings. The van der Waals surface area contributed by atoms with Gasteiger partial charge >= 0.3 is 23.9 Å². The van der Waals surface area contributed by atoms with E-state index in [9.17, 15) is 49.8 Å². The van der Waals surface area contributed by atoms with Crippen molar-refractivity contribution in [1.29, 1.82) is 0 Å². The number of carbonyl (C=O) groups excluding carboxylic acids is 2. The number of carbonyl (C=O) groups is 4. The molecule has 448 valence electrons. The number of fused-ring (bicyclic) bond motifs is 6. The van der Waals surface area contributed by atoms with E-state index in [0.29, 0.717) is 88.2 Å². The van der Waals surface area contributed by atoms with Gasteiger partial charge in [-0.25, -0.2) is 9.59 Å². The highest BCUT2D eigenvalue weighted by Crippen LogP contribution is 2.39. The number of aliphatic carboxylic acids is 2. The molecular weight excluding hydrogens is 1020 g/mol. The second-order valence-corrected chi connectivity index (χ2v) is 25.7. The summed E-state index contributed by atoms with van der Waals surface area (Å²) >= 11 is 0. The van der Waals surface area contributed by atoms with Crippen LogP contribution in [0.4, 0.5) is 0 Å². The normalized spacial score (nSPS) is 31.4. The van der Waals surface area contributed by atoms with Crippen molar-refractivity contribution in [2.24, 2.45) is 22.7 Å². The van der Waals surface area contributed by atoms with Gasteiger partial charge in [-0.15, -0.1) is 0 Å². The van der Waals surface area contributed by atoms with Crippen LogP contribution >= 0.6 is 0 Å². The first-order valence-electron chi connectivity index (χ1n) is 30.6. The molecule has 0 aliphatic carbocycles. The van der Waals surface area contributed by atoms with Gasteiger partial charge in [0.2, 0.25) is 0 Å². The van der Waals surface area contributed by atoms with Gasteiger partial charge in [-0.05, 0) is 217 Å². The van der Waals surface area contributed by atoms with Gasteiger partial charge in [0.05, 0.1) is 71.9 Å². The molecule has 2 aromatic rings. The lowest BCUT2D eigenvalue weighted by atomic mass is 9.81. The summed E-state index contributed by atoms with van der Waals surface area (Å²) < 4.78 is 38.9. The summed E-state index contributed by atoms with van der Waals surface area (Å²) in [5, 5.41) is 65.8. The number of carboxylic acid groups (broad SMARTS) is 2. The maximum absolute atomic E-state index is 14.4. The van der Waals surface area contributed by atoms with Crippen LogP contribution in [0.1, 0.15) is 227 Å². The molecule has 4 fully saturated rings. The van der Waals surface area contributed by atoms with E-state index in [1.165, 1.54) is 12.1 Å². The first-order valence-corrected chi connectivity index (χ1v) is 30.6. The zero-order valence-electron chi connectivity index (χ0n) is 48.7. The summed E-state index contributed by atoms with van der Waals surface area (Å²) in [5.41, 5.74) is -0.609. The Morgan fingerprint density at radius 2 is 0.838 bits per heavy atom. The number of aliphatic hydroxyl groups excluding tert-OH is 2. The highest BCUT2D eigenvalue weighted by Gasteiger charge is 2.43. The van der Waals surface area contributed by atoms with Crippen LogP contribution in [-0.4, -0.2) is 128 Å². The summed E-state index contributed by atoms with van der Waals surface area (Å²) in [6, 6.07) is 10.2. The lowest BCUT2D eigenvalue weighted by Gasteiger charge is -2.38. The molecule has 2 aromatic carbocycles. The van der Waals surface area contributed by atoms with Crippen LogP contribution in [0.25, 0.3) is 0 Å². The molecule has 0 aromatic heterocycles. The van der Waals surface area contributed by atoms with Crippen molar-refractivity contribution in [3.8, 4) is 11.5 Å². The molecular formula is C64H96O16. The fraction of sp³-hybridized carbons (Fsp3) is 0.750. The van der Waals surface area contributed by atoms with E-state index in [-0.39, 0.29) is 96.8 Å². The Hall–Kier alpha value is -4.32. The first kappa shape index (κ1) is 63.3. The lowest BCUT2D eigenvalue weighted by molar-refractivity contribution is -0.168. The van der Waals surface area contributed by atoms with Crippen LogP contribution in [0.15, 0.2) is 36.4 Å². The SMILES string of the molecule is C[C@H]1CC[C@@H]2CCC[C@H](CCCc3cccc(O)c3C(=O)O[C@H](C[C@@H](O)C[C@@H]3CCC[C@H](C(C)(C)C(=O)O)O3)[C@@H](C)CC[C@@H]3CCC[C@H](CCCc4cccc(O)c4C(=O)O[C@@H]1C[C@@H](O)C[C@@H]1CCC[C@H](C(C)(C)C(=O)O)O1)O3)O2. The Labute approximate surface area is 475 Å². The van der Waals surface area contributed by atoms with Crippen molar-refractivity contribution in [2.75, 3.05) is 0 Å². The van der Waals surface area contributed by atoms with Crippen molar-refractivity contribution >= 4 is 23.9 Å². The number of benzene rings is 2. The van der Waals surface area contributed by atoms with Crippen LogP contribution in [0, 0.1) is 22.7 Å². The number of hydrogen-bond acceptors (Lipinski definition) is 14. The van der Waals surface area contributed by atoms with Gasteiger partial charge < -0.3 is 59.1 Å². The maximum Gasteiger partial charge on any atom is 0.342 e. The second-order valence-electron chi connectivity index (χ2n) is 25.7. The Balaban J connectivity index is 1.08. The first-order chi connectivity index (χ1) is 38.1. The van der Waals surface area contributed by atoms with Gasteiger partial charge in [-0.3, -0.25) is 9.59 Å². The van der Waals surface area contributed by atoms with E-state index in [1.807, 2.05) is 26.0 Å². The molecule has 0 radical (unpaired) electrons. The molecule has 80 heavy (non-hydrogen) atoms. The fourth-order valence-electron chi connectivity index (χ4n) is 13.2. The van der Waals surface area contributed by atoms with Crippen molar-refractivity contribution in [2.45, 2.75) is 282 Å². The molecule has 0 amide bonds. The maximum atomic E-state index is 14.4. The number of phenols is 2. The van der Waals surface area contributed by atoms with Gasteiger partial charge in [0.1, 0.15) is 34.8 Å². The number of esters is 2. The molecule has 0 unspecified atom stereocenters. The summed E-state index contributed by atoms with van der Waals surface area (Å²) in [4.78, 5) is 53.1. The number of aryl methyl sites for hydroxylation is 2. The van der Waals surface area contributed by atoms with E-state index in [0.717, 1.165) is 64.2 Å². The monoisotopic (exact) mass is 1120 g/mol. The molecule has 4 saturated heterocycles. The van der Waals surface area contributed by atoms with Crippen LogP contribution in [0.3, 0.4) is 0 Å². The van der Waals surface area contributed by atoms with Crippen LogP contribution in [0.5, 0.6) is 11.5 Å². The molecule has 16 heteroatoms. The van der Waals surface area contributed by atoms with E-state index >= 15 is 0 Å². The average molecular weight is 1120 g/mol. The molecule has 7 rings (SSSR count). The smallest absolute Gasteiger partial charge is 0.342 e. The number of ether oxygens (including phenoxy) is 6. The van der Waals surface area contributed by atoms with Gasteiger partial charge in [-0.1, -0.05) is 38.1 Å². The Morgan fingerprint density at radius 3 is 1.21 bits per heavy atom. The molecule has 5 heterocycles. The summed E-state index contributed by atoms with van der Waals surface area (Å²) in [6.45, 7) is 10.7. The van der Waals surface area contributed by atoms with Crippen LogP contribution in [0.2, 0.25) is 0 Å². The average Bonchev–Trinajstić information content (AvgIpc) is 3.42. The second kappa shape index (κ2) is 29.3. The third-order valence-electron chi connectivity index (χ3n) is 18.6. The molecule has 5 aliphatic heterocycles. The van der Waals surface area contributed by atoms with Crippen molar-refractivity contribution < 1.29 is 78.2 Å². The van der Waals surface area contributed by atoms with E-state index in [1.54, 1.807) is 39.8 Å². The topological polar surface area (TPSA) is 245 Å². The third kappa shape index (κ3) is 17.4. The van der Waals surface area contributed by atoms with Gasteiger partial charge in [0, 0.05) is 12.8 Å². The molecule has 0 saturated carbocycles. The van der Waals surface area contributed by atoms with Crippen molar-refractivity contribution in [3.63, 3.8) is 0 Å². The van der Waals surface area contributed by atoms with Gasteiger partial charge in [-0.2, -0.15) is 0 Å². The predicted molar refractivity (Wildman–Crippen MR) is 301 cm³/mol. The Bertz CT molecular complexity index is 2170. The van der Waals surface area contributed by atoms with Gasteiger partial charge in [0.25, 0.3) is 0 Å². The number of aliphatic hydroxyl groups is 2.